The number of benzene rings is 2. The molecule has 130 valence electrons. The molecule has 0 unspecified atom stereocenters. The number of para-hydroxylation sites is 1. The van der Waals surface area contributed by atoms with Crippen LogP contribution in [0.3, 0.4) is 0 Å². The molecule has 4 nitrogen and oxygen atoms in total. The Morgan fingerprint density at radius 3 is 2.62 bits per heavy atom. The minimum absolute atomic E-state index is 0.666. The molecule has 2 aromatic carbocycles. The lowest BCUT2D eigenvalue weighted by Crippen LogP contribution is -2.02. The maximum atomic E-state index is 5.78. The van der Waals surface area contributed by atoms with Gasteiger partial charge in [0.05, 0.1) is 0 Å². The molecule has 3 N–H and O–H groups in total. The van der Waals surface area contributed by atoms with Crippen LogP contribution in [0.15, 0.2) is 79.3 Å². The Kier molecular flexibility index (Phi) is 4.67. The summed E-state index contributed by atoms with van der Waals surface area (Å²) in [4.78, 5) is 4.05. The molecule has 2 heterocycles. The van der Waals surface area contributed by atoms with Gasteiger partial charge in [-0.1, -0.05) is 30.3 Å². The maximum Gasteiger partial charge on any atom is 0.0486 e. The summed E-state index contributed by atoms with van der Waals surface area (Å²) in [6.45, 7) is 1.50. The topological polar surface area (TPSA) is 55.9 Å². The largest absolute Gasteiger partial charge is 0.355 e. The van der Waals surface area contributed by atoms with Crippen molar-refractivity contribution in [2.24, 2.45) is 5.73 Å². The molecule has 0 saturated carbocycles. The first kappa shape index (κ1) is 16.4. The Morgan fingerprint density at radius 1 is 0.923 bits per heavy atom. The Hall–Kier alpha value is -3.11. The van der Waals surface area contributed by atoms with Gasteiger partial charge < -0.3 is 15.6 Å². The SMILES string of the molecule is NCCc1cn(Cc2cccc(Nc3ccncc3)c2)c2ccccc12. The first-order valence-corrected chi connectivity index (χ1v) is 8.86. The van der Waals surface area contributed by atoms with Crippen molar-refractivity contribution in [2.75, 3.05) is 11.9 Å². The van der Waals surface area contributed by atoms with Gasteiger partial charge in [0, 0.05) is 47.4 Å². The Balaban J connectivity index is 1.62. The monoisotopic (exact) mass is 342 g/mol. The maximum absolute atomic E-state index is 5.78. The van der Waals surface area contributed by atoms with Gasteiger partial charge in [0.1, 0.15) is 0 Å². The number of anilines is 2. The smallest absolute Gasteiger partial charge is 0.0486 e. The average molecular weight is 342 g/mol. The molecule has 0 aliphatic heterocycles. The second kappa shape index (κ2) is 7.42. The number of aromatic nitrogens is 2. The van der Waals surface area contributed by atoms with Gasteiger partial charge in [-0.25, -0.2) is 0 Å². The molecule has 0 spiro atoms. The number of nitrogens with one attached hydrogen (secondary N) is 1. The van der Waals surface area contributed by atoms with Gasteiger partial charge >= 0.3 is 0 Å². The van der Waals surface area contributed by atoms with Gasteiger partial charge in [-0.15, -0.1) is 0 Å². The molecule has 0 atom stereocenters. The van der Waals surface area contributed by atoms with E-state index in [9.17, 15) is 0 Å². The van der Waals surface area contributed by atoms with Crippen LogP contribution < -0.4 is 11.1 Å². The quantitative estimate of drug-likeness (QED) is 0.548. The van der Waals surface area contributed by atoms with Crippen molar-refractivity contribution in [3.63, 3.8) is 0 Å². The second-order valence-corrected chi connectivity index (χ2v) is 6.40. The fraction of sp³-hybridized carbons (Fsp3) is 0.136. The molecule has 2 aromatic heterocycles. The van der Waals surface area contributed by atoms with E-state index in [1.807, 2.05) is 12.1 Å². The summed E-state index contributed by atoms with van der Waals surface area (Å²) in [6.07, 6.45) is 6.71. The Labute approximate surface area is 153 Å². The van der Waals surface area contributed by atoms with E-state index >= 15 is 0 Å². The van der Waals surface area contributed by atoms with Gasteiger partial charge in [-0.2, -0.15) is 0 Å². The number of hydrogen-bond donors (Lipinski definition) is 2. The summed E-state index contributed by atoms with van der Waals surface area (Å²) >= 11 is 0. The van der Waals surface area contributed by atoms with Crippen LogP contribution in [0, 0.1) is 0 Å². The first-order valence-electron chi connectivity index (χ1n) is 8.86. The van der Waals surface area contributed by atoms with E-state index in [2.05, 4.69) is 69.6 Å². The first-order chi connectivity index (χ1) is 12.8. The summed E-state index contributed by atoms with van der Waals surface area (Å²) < 4.78 is 2.31. The van der Waals surface area contributed by atoms with E-state index in [4.69, 9.17) is 5.73 Å². The zero-order chi connectivity index (χ0) is 17.8. The molecule has 0 fully saturated rings. The summed E-state index contributed by atoms with van der Waals surface area (Å²) in [5, 5.41) is 4.72. The van der Waals surface area contributed by atoms with Crippen molar-refractivity contribution in [1.82, 2.24) is 9.55 Å². The molecule has 0 bridgehead atoms. The van der Waals surface area contributed by atoms with E-state index in [1.54, 1.807) is 12.4 Å². The zero-order valence-corrected chi connectivity index (χ0v) is 14.6. The lowest BCUT2D eigenvalue weighted by molar-refractivity contribution is 0.827. The second-order valence-electron chi connectivity index (χ2n) is 6.40. The third-order valence-electron chi connectivity index (χ3n) is 4.53. The van der Waals surface area contributed by atoms with Crippen molar-refractivity contribution in [2.45, 2.75) is 13.0 Å². The predicted octanol–water partition coefficient (Wildman–Crippen LogP) is 4.33. The molecular weight excluding hydrogens is 320 g/mol. The van der Waals surface area contributed by atoms with Crippen LogP contribution in [0.1, 0.15) is 11.1 Å². The van der Waals surface area contributed by atoms with Crippen LogP contribution in [0.2, 0.25) is 0 Å². The minimum atomic E-state index is 0.666. The van der Waals surface area contributed by atoms with E-state index < -0.39 is 0 Å². The van der Waals surface area contributed by atoms with Crippen molar-refractivity contribution in [1.29, 1.82) is 0 Å². The van der Waals surface area contributed by atoms with Crippen LogP contribution >= 0.6 is 0 Å². The fourth-order valence-corrected chi connectivity index (χ4v) is 3.35. The van der Waals surface area contributed by atoms with Gasteiger partial charge in [0.15, 0.2) is 0 Å². The molecule has 26 heavy (non-hydrogen) atoms. The van der Waals surface area contributed by atoms with E-state index in [1.165, 1.54) is 22.0 Å². The normalized spacial score (nSPS) is 11.0. The molecule has 0 amide bonds. The van der Waals surface area contributed by atoms with Gasteiger partial charge in [-0.3, -0.25) is 4.98 Å². The molecule has 4 rings (SSSR count). The number of fused-ring (bicyclic) bond motifs is 1. The summed E-state index contributed by atoms with van der Waals surface area (Å²) in [6, 6.07) is 21.0. The zero-order valence-electron chi connectivity index (χ0n) is 14.6. The number of hydrogen-bond acceptors (Lipinski definition) is 3. The van der Waals surface area contributed by atoms with E-state index in [-0.39, 0.29) is 0 Å². The number of nitrogens with two attached hydrogens (primary N) is 1. The number of rotatable bonds is 6. The van der Waals surface area contributed by atoms with Crippen LogP contribution in [-0.4, -0.2) is 16.1 Å². The fourth-order valence-electron chi connectivity index (χ4n) is 3.35. The highest BCUT2D eigenvalue weighted by molar-refractivity contribution is 5.84. The molecule has 0 saturated heterocycles. The summed E-state index contributed by atoms with van der Waals surface area (Å²) in [5.41, 5.74) is 11.7. The molecule has 0 aliphatic rings. The van der Waals surface area contributed by atoms with Crippen LogP contribution in [0.4, 0.5) is 11.4 Å². The lowest BCUT2D eigenvalue weighted by atomic mass is 10.1. The van der Waals surface area contributed by atoms with Crippen molar-refractivity contribution in [3.8, 4) is 0 Å². The molecule has 0 aliphatic carbocycles. The summed E-state index contributed by atoms with van der Waals surface area (Å²) in [5.74, 6) is 0. The highest BCUT2D eigenvalue weighted by Crippen LogP contribution is 2.24. The Morgan fingerprint density at radius 2 is 1.77 bits per heavy atom. The minimum Gasteiger partial charge on any atom is -0.355 e. The van der Waals surface area contributed by atoms with Crippen LogP contribution in [0.5, 0.6) is 0 Å². The number of pyridine rings is 1. The van der Waals surface area contributed by atoms with Gasteiger partial charge in [0.25, 0.3) is 0 Å². The molecule has 4 heteroatoms. The number of nitrogens with zero attached hydrogens (tertiary/aromatic N) is 2. The highest BCUT2D eigenvalue weighted by atomic mass is 15.0. The van der Waals surface area contributed by atoms with Crippen LogP contribution in [0.25, 0.3) is 10.9 Å². The van der Waals surface area contributed by atoms with Gasteiger partial charge in [0.2, 0.25) is 0 Å². The van der Waals surface area contributed by atoms with Crippen LogP contribution in [-0.2, 0) is 13.0 Å². The van der Waals surface area contributed by atoms with E-state index in [0.29, 0.717) is 6.54 Å². The van der Waals surface area contributed by atoms with Crippen molar-refractivity contribution < 1.29 is 0 Å². The predicted molar refractivity (Wildman–Crippen MR) is 108 cm³/mol. The average Bonchev–Trinajstić information content (AvgIpc) is 3.01. The van der Waals surface area contributed by atoms with Gasteiger partial charge in [-0.05, 0) is 54.4 Å². The standard InChI is InChI=1S/C22H22N4/c23-11-8-18-16-26(22-7-2-1-6-21(18)22)15-17-4-3-5-20(14-17)25-19-9-12-24-13-10-19/h1-7,9-10,12-14,16H,8,11,15,23H2,(H,24,25). The Bertz CT molecular complexity index is 1010. The summed E-state index contributed by atoms with van der Waals surface area (Å²) in [7, 11) is 0. The van der Waals surface area contributed by atoms with E-state index in [0.717, 1.165) is 24.3 Å². The lowest BCUT2D eigenvalue weighted by Gasteiger charge is -2.10. The molecular formula is C22H22N4. The third-order valence-corrected chi connectivity index (χ3v) is 4.53. The van der Waals surface area contributed by atoms with Crippen molar-refractivity contribution in [3.05, 3.63) is 90.4 Å². The molecule has 0 radical (unpaired) electrons. The highest BCUT2D eigenvalue weighted by Gasteiger charge is 2.08. The third kappa shape index (κ3) is 3.46. The molecule has 4 aromatic rings. The van der Waals surface area contributed by atoms with Crippen molar-refractivity contribution >= 4 is 22.3 Å².